The molecule has 2 N–H and O–H groups in total. The van der Waals surface area contributed by atoms with E-state index < -0.39 is 27.1 Å². The van der Waals surface area contributed by atoms with E-state index in [1.54, 1.807) is 7.11 Å². The first-order valence-electron chi connectivity index (χ1n) is 10.2. The normalized spacial score (nSPS) is 24.8. The summed E-state index contributed by atoms with van der Waals surface area (Å²) in [6.07, 6.45) is 3.34. The van der Waals surface area contributed by atoms with Crippen molar-refractivity contribution in [3.63, 3.8) is 0 Å². The summed E-state index contributed by atoms with van der Waals surface area (Å²) in [5, 5.41) is 0. The summed E-state index contributed by atoms with van der Waals surface area (Å²) >= 11 is 0. The summed E-state index contributed by atoms with van der Waals surface area (Å²) in [7, 11) is -2.29. The first-order chi connectivity index (χ1) is 14.2. The molecule has 30 heavy (non-hydrogen) atoms. The summed E-state index contributed by atoms with van der Waals surface area (Å²) in [6.45, 7) is 2.41. The molecule has 0 aliphatic carbocycles. The van der Waals surface area contributed by atoms with Crippen molar-refractivity contribution < 1.29 is 26.7 Å². The van der Waals surface area contributed by atoms with Crippen molar-refractivity contribution in [2.24, 2.45) is 11.1 Å². The van der Waals surface area contributed by atoms with E-state index in [9.17, 15) is 22.0 Å². The van der Waals surface area contributed by atoms with Gasteiger partial charge in [0.25, 0.3) is 0 Å². The molecule has 7 nitrogen and oxygen atoms in total. The Morgan fingerprint density at radius 2 is 1.93 bits per heavy atom. The van der Waals surface area contributed by atoms with Gasteiger partial charge in [0.2, 0.25) is 15.9 Å². The lowest BCUT2D eigenvalue weighted by Gasteiger charge is -2.46. The number of methoxy groups -OCH3 is 1. The molecule has 2 fully saturated rings. The molecule has 1 atom stereocenters. The molecule has 2 aliphatic heterocycles. The Labute approximate surface area is 176 Å². The van der Waals surface area contributed by atoms with Gasteiger partial charge in [-0.1, -0.05) is 0 Å². The Morgan fingerprint density at radius 3 is 2.53 bits per heavy atom. The van der Waals surface area contributed by atoms with Crippen LogP contribution in [-0.4, -0.2) is 69.5 Å². The summed E-state index contributed by atoms with van der Waals surface area (Å²) in [4.78, 5) is 14.2. The van der Waals surface area contributed by atoms with Crippen LogP contribution in [0.1, 0.15) is 32.1 Å². The third-order valence-electron chi connectivity index (χ3n) is 6.38. The van der Waals surface area contributed by atoms with Gasteiger partial charge in [-0.05, 0) is 56.8 Å². The number of carbonyl (C=O) groups excluding carboxylic acids is 1. The number of halogens is 2. The molecular formula is C20H29F2N3O4S. The molecule has 0 radical (unpaired) electrons. The molecule has 2 heterocycles. The number of rotatable bonds is 7. The van der Waals surface area contributed by atoms with E-state index in [2.05, 4.69) is 4.90 Å². The molecule has 0 saturated carbocycles. The Morgan fingerprint density at radius 1 is 1.23 bits per heavy atom. The first kappa shape index (κ1) is 23.1. The zero-order valence-corrected chi connectivity index (χ0v) is 18.0. The highest BCUT2D eigenvalue weighted by Crippen LogP contribution is 2.36. The van der Waals surface area contributed by atoms with Gasteiger partial charge in [-0.2, -0.15) is 4.31 Å². The Kier molecular flexibility index (Phi) is 7.11. The summed E-state index contributed by atoms with van der Waals surface area (Å²) in [6, 6.07) is 2.77. The standard InChI is InChI=1S/C20H29F2N3O4S/c1-29-12-8-20(19(23)26)7-2-9-24(14-20)15-5-10-25(11-6-15)30(27,28)16-3-4-17(21)18(22)13-16/h3-4,13,15H,2,5-12,14H2,1H3,(H2,23,26). The molecule has 1 aromatic rings. The fraction of sp³-hybridized carbons (Fsp3) is 0.650. The van der Waals surface area contributed by atoms with E-state index in [-0.39, 0.29) is 29.9 Å². The number of amides is 1. The highest BCUT2D eigenvalue weighted by atomic mass is 32.2. The van der Waals surface area contributed by atoms with Crippen LogP contribution in [0.25, 0.3) is 0 Å². The predicted octanol–water partition coefficient (Wildman–Crippen LogP) is 1.72. The predicted molar refractivity (Wildman–Crippen MR) is 107 cm³/mol. The Bertz CT molecular complexity index is 875. The van der Waals surface area contributed by atoms with Crippen molar-refractivity contribution in [3.05, 3.63) is 29.8 Å². The number of carbonyl (C=O) groups is 1. The fourth-order valence-corrected chi connectivity index (χ4v) is 6.02. The largest absolute Gasteiger partial charge is 0.385 e. The fourth-order valence-electron chi connectivity index (χ4n) is 4.54. The highest BCUT2D eigenvalue weighted by molar-refractivity contribution is 7.89. The number of hydrogen-bond acceptors (Lipinski definition) is 5. The number of benzene rings is 1. The van der Waals surface area contributed by atoms with E-state index in [0.29, 0.717) is 32.4 Å². The van der Waals surface area contributed by atoms with E-state index >= 15 is 0 Å². The van der Waals surface area contributed by atoms with Crippen LogP contribution in [0.3, 0.4) is 0 Å². The molecule has 0 spiro atoms. The number of piperidine rings is 2. The molecule has 2 aliphatic rings. The van der Waals surface area contributed by atoms with Gasteiger partial charge in [0.05, 0.1) is 10.3 Å². The molecule has 0 bridgehead atoms. The van der Waals surface area contributed by atoms with Crippen LogP contribution in [0, 0.1) is 17.0 Å². The second-order valence-corrected chi connectivity index (χ2v) is 10.1. The average molecular weight is 446 g/mol. The van der Waals surface area contributed by atoms with Crippen LogP contribution in [0.5, 0.6) is 0 Å². The van der Waals surface area contributed by atoms with Crippen molar-refractivity contribution in [3.8, 4) is 0 Å². The third kappa shape index (κ3) is 4.66. The number of primary amides is 1. The van der Waals surface area contributed by atoms with Gasteiger partial charge < -0.3 is 10.5 Å². The van der Waals surface area contributed by atoms with Crippen LogP contribution in [-0.2, 0) is 19.6 Å². The minimum absolute atomic E-state index is 0.142. The Balaban J connectivity index is 1.66. The second kappa shape index (κ2) is 9.25. The van der Waals surface area contributed by atoms with Gasteiger partial charge in [0.15, 0.2) is 11.6 Å². The lowest BCUT2D eigenvalue weighted by Crippen LogP contribution is -2.56. The molecule has 1 amide bonds. The maximum Gasteiger partial charge on any atom is 0.243 e. The van der Waals surface area contributed by atoms with Crippen LogP contribution in [0.2, 0.25) is 0 Å². The molecule has 2 saturated heterocycles. The molecule has 0 aromatic heterocycles. The molecule has 168 valence electrons. The zero-order valence-electron chi connectivity index (χ0n) is 17.1. The van der Waals surface area contributed by atoms with Crippen LogP contribution >= 0.6 is 0 Å². The monoisotopic (exact) mass is 445 g/mol. The molecule has 10 heteroatoms. The average Bonchev–Trinajstić information content (AvgIpc) is 2.74. The Hall–Kier alpha value is -1.62. The van der Waals surface area contributed by atoms with E-state index in [1.807, 2.05) is 0 Å². The third-order valence-corrected chi connectivity index (χ3v) is 8.28. The molecule has 3 rings (SSSR count). The summed E-state index contributed by atoms with van der Waals surface area (Å²) in [5.41, 5.74) is 5.11. The van der Waals surface area contributed by atoms with E-state index in [4.69, 9.17) is 10.5 Å². The number of nitrogens with two attached hydrogens (primary N) is 1. The summed E-state index contributed by atoms with van der Waals surface area (Å²) in [5.74, 6) is -2.58. The van der Waals surface area contributed by atoms with E-state index in [1.165, 1.54) is 4.31 Å². The minimum Gasteiger partial charge on any atom is -0.385 e. The second-order valence-electron chi connectivity index (χ2n) is 8.17. The van der Waals surface area contributed by atoms with Gasteiger partial charge in [-0.15, -0.1) is 0 Å². The van der Waals surface area contributed by atoms with Gasteiger partial charge in [0.1, 0.15) is 0 Å². The number of likely N-dealkylation sites (tertiary alicyclic amines) is 1. The van der Waals surface area contributed by atoms with Crippen molar-refractivity contribution in [1.29, 1.82) is 0 Å². The van der Waals surface area contributed by atoms with Gasteiger partial charge in [0, 0.05) is 39.4 Å². The molecule has 1 unspecified atom stereocenters. The number of hydrogen-bond donors (Lipinski definition) is 1. The van der Waals surface area contributed by atoms with Gasteiger partial charge in [-0.25, -0.2) is 17.2 Å². The van der Waals surface area contributed by atoms with Gasteiger partial charge >= 0.3 is 0 Å². The van der Waals surface area contributed by atoms with Crippen LogP contribution < -0.4 is 5.73 Å². The van der Waals surface area contributed by atoms with Crippen molar-refractivity contribution in [1.82, 2.24) is 9.21 Å². The van der Waals surface area contributed by atoms with Crippen molar-refractivity contribution in [2.75, 3.05) is 39.9 Å². The van der Waals surface area contributed by atoms with Crippen LogP contribution in [0.4, 0.5) is 8.78 Å². The lowest BCUT2D eigenvalue weighted by atomic mass is 9.76. The van der Waals surface area contributed by atoms with E-state index in [0.717, 1.165) is 37.6 Å². The minimum atomic E-state index is -3.89. The zero-order chi connectivity index (χ0) is 21.9. The molecular weight excluding hydrogens is 416 g/mol. The van der Waals surface area contributed by atoms with Crippen molar-refractivity contribution in [2.45, 2.75) is 43.0 Å². The maximum atomic E-state index is 13.5. The summed E-state index contributed by atoms with van der Waals surface area (Å²) < 4.78 is 58.7. The SMILES string of the molecule is COCCC1(C(N)=O)CCCN(C2CCN(S(=O)(=O)c3ccc(F)c(F)c3)CC2)C1. The number of sulfonamides is 1. The number of ether oxygens (including phenoxy) is 1. The number of nitrogens with zero attached hydrogens (tertiary/aromatic N) is 2. The lowest BCUT2D eigenvalue weighted by molar-refractivity contribution is -0.133. The van der Waals surface area contributed by atoms with Crippen LogP contribution in [0.15, 0.2) is 23.1 Å². The smallest absolute Gasteiger partial charge is 0.243 e. The first-order valence-corrected chi connectivity index (χ1v) is 11.6. The maximum absolute atomic E-state index is 13.5. The highest BCUT2D eigenvalue weighted by Gasteiger charge is 2.43. The topological polar surface area (TPSA) is 92.9 Å². The van der Waals surface area contributed by atoms with Crippen molar-refractivity contribution >= 4 is 15.9 Å². The quantitative estimate of drug-likeness (QED) is 0.690. The molecule has 1 aromatic carbocycles. The van der Waals surface area contributed by atoms with Gasteiger partial charge in [-0.3, -0.25) is 9.69 Å².